The van der Waals surface area contributed by atoms with Crippen LogP contribution in [0.3, 0.4) is 0 Å². The van der Waals surface area contributed by atoms with Crippen LogP contribution in [0.25, 0.3) is 0 Å². The molecule has 1 aromatic carbocycles. The molecule has 19 heavy (non-hydrogen) atoms. The molecule has 1 rings (SSSR count). The fourth-order valence-electron chi connectivity index (χ4n) is 1.78. The molecule has 0 aromatic heterocycles. The normalized spacial score (nSPS) is 11.8. The number of sulfonamides is 1. The smallest absolute Gasteiger partial charge is 0.242 e. The van der Waals surface area contributed by atoms with E-state index in [1.807, 2.05) is 0 Å². The van der Waals surface area contributed by atoms with Crippen molar-refractivity contribution in [1.29, 1.82) is 0 Å². The Morgan fingerprint density at radius 2 is 1.89 bits per heavy atom. The average molecular weight is 285 g/mol. The second-order valence-electron chi connectivity index (χ2n) is 4.93. The van der Waals surface area contributed by atoms with E-state index >= 15 is 0 Å². The predicted octanol–water partition coefficient (Wildman–Crippen LogP) is 2.08. The molecule has 0 atom stereocenters. The van der Waals surface area contributed by atoms with Gasteiger partial charge < -0.3 is 5.43 Å². The van der Waals surface area contributed by atoms with Crippen LogP contribution in [0.2, 0.25) is 0 Å². The Balaban J connectivity index is 2.56. The summed E-state index contributed by atoms with van der Waals surface area (Å²) >= 11 is 0. The fourth-order valence-corrected chi connectivity index (χ4v) is 3.02. The van der Waals surface area contributed by atoms with Crippen molar-refractivity contribution < 1.29 is 8.42 Å². The Kier molecular flexibility index (Phi) is 6.27. The second-order valence-corrected chi connectivity index (χ2v) is 6.66. The minimum absolute atomic E-state index is 0.182. The van der Waals surface area contributed by atoms with E-state index in [0.717, 1.165) is 19.3 Å². The summed E-state index contributed by atoms with van der Waals surface area (Å²) in [6, 6.07) is 6.57. The van der Waals surface area contributed by atoms with Crippen LogP contribution in [0.15, 0.2) is 29.2 Å². The van der Waals surface area contributed by atoms with Gasteiger partial charge in [-0.15, -0.1) is 0 Å². The van der Waals surface area contributed by atoms with Crippen molar-refractivity contribution in [1.82, 2.24) is 4.72 Å². The van der Waals surface area contributed by atoms with Crippen molar-refractivity contribution in [3.8, 4) is 0 Å². The van der Waals surface area contributed by atoms with Gasteiger partial charge in [0.2, 0.25) is 10.0 Å². The molecule has 0 aliphatic rings. The van der Waals surface area contributed by atoms with Gasteiger partial charge in [-0.2, -0.15) is 0 Å². The highest BCUT2D eigenvalue weighted by atomic mass is 32.2. The first-order valence-corrected chi connectivity index (χ1v) is 8.01. The van der Waals surface area contributed by atoms with Gasteiger partial charge in [-0.25, -0.2) is 13.1 Å². The third-order valence-electron chi connectivity index (χ3n) is 2.83. The summed E-state index contributed by atoms with van der Waals surface area (Å²) in [6.45, 7) is 4.77. The van der Waals surface area contributed by atoms with E-state index in [4.69, 9.17) is 5.84 Å². The van der Waals surface area contributed by atoms with Crippen molar-refractivity contribution in [2.75, 3.05) is 12.0 Å². The van der Waals surface area contributed by atoms with Gasteiger partial charge in [-0.05, 0) is 24.5 Å². The summed E-state index contributed by atoms with van der Waals surface area (Å²) < 4.78 is 26.8. The van der Waals surface area contributed by atoms with E-state index in [-0.39, 0.29) is 4.90 Å². The van der Waals surface area contributed by atoms with E-state index in [0.29, 0.717) is 18.2 Å². The second kappa shape index (κ2) is 7.47. The summed E-state index contributed by atoms with van der Waals surface area (Å²) in [5, 5.41) is 0. The molecular formula is C13H23N3O2S. The minimum Gasteiger partial charge on any atom is -0.323 e. The van der Waals surface area contributed by atoms with Crippen LogP contribution in [-0.4, -0.2) is 15.0 Å². The third-order valence-corrected chi connectivity index (χ3v) is 4.35. The summed E-state index contributed by atoms with van der Waals surface area (Å²) in [7, 11) is -3.50. The molecule has 5 nitrogen and oxygen atoms in total. The van der Waals surface area contributed by atoms with Crippen LogP contribution >= 0.6 is 0 Å². The maximum absolute atomic E-state index is 12.1. The minimum atomic E-state index is -3.50. The molecule has 0 unspecified atom stereocenters. The van der Waals surface area contributed by atoms with Gasteiger partial charge in [0, 0.05) is 6.54 Å². The molecule has 0 spiro atoms. The topological polar surface area (TPSA) is 84.2 Å². The fraction of sp³-hybridized carbons (Fsp3) is 0.538. The number of anilines is 1. The lowest BCUT2D eigenvalue weighted by molar-refractivity contribution is 0.530. The maximum atomic E-state index is 12.1. The van der Waals surface area contributed by atoms with Crippen LogP contribution in [-0.2, 0) is 10.0 Å². The van der Waals surface area contributed by atoms with Gasteiger partial charge in [0.05, 0.1) is 5.69 Å². The van der Waals surface area contributed by atoms with Gasteiger partial charge in [0.1, 0.15) is 4.90 Å². The van der Waals surface area contributed by atoms with Gasteiger partial charge >= 0.3 is 0 Å². The number of nitrogen functional groups attached to an aromatic ring is 1. The molecule has 0 radical (unpaired) electrons. The summed E-state index contributed by atoms with van der Waals surface area (Å²) in [5.74, 6) is 5.97. The zero-order valence-electron chi connectivity index (χ0n) is 11.5. The highest BCUT2D eigenvalue weighted by Gasteiger charge is 2.16. The van der Waals surface area contributed by atoms with Crippen LogP contribution < -0.4 is 16.0 Å². The first kappa shape index (κ1) is 15.9. The lowest BCUT2D eigenvalue weighted by atomic mass is 10.1. The Hall–Kier alpha value is -1.11. The van der Waals surface area contributed by atoms with Crippen molar-refractivity contribution in [2.45, 2.75) is 38.0 Å². The monoisotopic (exact) mass is 285 g/mol. The molecule has 0 aliphatic heterocycles. The molecule has 0 heterocycles. The largest absolute Gasteiger partial charge is 0.323 e. The SMILES string of the molecule is CC(C)CCCCNS(=O)(=O)c1ccccc1NN. The maximum Gasteiger partial charge on any atom is 0.242 e. The molecule has 0 amide bonds. The lowest BCUT2D eigenvalue weighted by Crippen LogP contribution is -2.26. The number of nitrogens with one attached hydrogen (secondary N) is 2. The Labute approximate surface area is 115 Å². The van der Waals surface area contributed by atoms with Crippen LogP contribution in [0.4, 0.5) is 5.69 Å². The Morgan fingerprint density at radius 3 is 2.53 bits per heavy atom. The van der Waals surface area contributed by atoms with Gasteiger partial charge in [0.15, 0.2) is 0 Å². The number of para-hydroxylation sites is 1. The van der Waals surface area contributed by atoms with E-state index in [9.17, 15) is 8.42 Å². The molecule has 4 N–H and O–H groups in total. The first-order valence-electron chi connectivity index (χ1n) is 6.52. The average Bonchev–Trinajstić information content (AvgIpc) is 2.37. The van der Waals surface area contributed by atoms with E-state index in [1.54, 1.807) is 18.2 Å². The zero-order valence-corrected chi connectivity index (χ0v) is 12.3. The highest BCUT2D eigenvalue weighted by molar-refractivity contribution is 7.89. The first-order chi connectivity index (χ1) is 8.97. The molecule has 0 saturated carbocycles. The molecule has 6 heteroatoms. The van der Waals surface area contributed by atoms with Gasteiger partial charge in [0.25, 0.3) is 0 Å². The van der Waals surface area contributed by atoms with Gasteiger partial charge in [-0.3, -0.25) is 5.84 Å². The summed E-state index contributed by atoms with van der Waals surface area (Å²) in [4.78, 5) is 0.182. The number of hydrogen-bond acceptors (Lipinski definition) is 4. The molecule has 0 fully saturated rings. The number of hydrogen-bond donors (Lipinski definition) is 3. The van der Waals surface area contributed by atoms with Crippen molar-refractivity contribution >= 4 is 15.7 Å². The molecule has 0 saturated heterocycles. The van der Waals surface area contributed by atoms with E-state index in [2.05, 4.69) is 24.0 Å². The number of rotatable bonds is 8. The number of hydrazine groups is 1. The van der Waals surface area contributed by atoms with Crippen molar-refractivity contribution in [3.05, 3.63) is 24.3 Å². The zero-order chi connectivity index (χ0) is 14.3. The number of unbranched alkanes of at least 4 members (excludes halogenated alkanes) is 1. The van der Waals surface area contributed by atoms with Crippen LogP contribution in [0.5, 0.6) is 0 Å². The van der Waals surface area contributed by atoms with E-state index in [1.165, 1.54) is 6.07 Å². The standard InChI is InChI=1S/C13H23N3O2S/c1-11(2)7-5-6-10-15-19(17,18)13-9-4-3-8-12(13)16-14/h3-4,8-9,11,15-16H,5-7,10,14H2,1-2H3. The molecule has 1 aromatic rings. The van der Waals surface area contributed by atoms with Crippen LogP contribution in [0, 0.1) is 5.92 Å². The molecule has 108 valence electrons. The lowest BCUT2D eigenvalue weighted by Gasteiger charge is -2.11. The summed E-state index contributed by atoms with van der Waals surface area (Å²) in [5.41, 5.74) is 2.80. The molecule has 0 bridgehead atoms. The van der Waals surface area contributed by atoms with Crippen LogP contribution in [0.1, 0.15) is 33.1 Å². The Bertz CT molecular complexity index is 486. The number of benzene rings is 1. The third kappa shape index (κ3) is 5.18. The quantitative estimate of drug-likeness (QED) is 0.388. The molecule has 0 aliphatic carbocycles. The summed E-state index contributed by atoms with van der Waals surface area (Å²) in [6.07, 6.45) is 2.98. The number of nitrogens with two attached hydrogens (primary N) is 1. The van der Waals surface area contributed by atoms with Crippen molar-refractivity contribution in [3.63, 3.8) is 0 Å². The highest BCUT2D eigenvalue weighted by Crippen LogP contribution is 2.19. The van der Waals surface area contributed by atoms with Crippen molar-refractivity contribution in [2.24, 2.45) is 11.8 Å². The Morgan fingerprint density at radius 1 is 1.21 bits per heavy atom. The molecular weight excluding hydrogens is 262 g/mol. The van der Waals surface area contributed by atoms with Gasteiger partial charge in [-0.1, -0.05) is 38.8 Å². The van der Waals surface area contributed by atoms with E-state index < -0.39 is 10.0 Å². The predicted molar refractivity (Wildman–Crippen MR) is 78.1 cm³/mol.